The number of anilines is 1. The van der Waals surface area contributed by atoms with Crippen molar-refractivity contribution in [2.75, 3.05) is 37.4 Å². The molecule has 10 nitrogen and oxygen atoms in total. The average Bonchev–Trinajstić information content (AvgIpc) is 2.83. The minimum Gasteiger partial charge on any atom is -0.379 e. The van der Waals surface area contributed by atoms with Gasteiger partial charge in [0.25, 0.3) is 0 Å². The zero-order valence-electron chi connectivity index (χ0n) is 17.9. The first kappa shape index (κ1) is 26.3. The highest BCUT2D eigenvalue weighted by molar-refractivity contribution is 7.91. The monoisotopic (exact) mass is 546 g/mol. The molecule has 0 aliphatic carbocycles. The number of rotatable bonds is 7. The standard InChI is InChI=1S/C20H23ClN4O6S3/c21-15-1-5-17(6-2-15)33(27,28)14-9-19(26)23-24-20(32)22-16-3-7-18(8-4-16)34(29,30)25-10-12-31-13-11-25/h1-8H,9-14H2,(H,23,26)(H2,22,24,32). The van der Waals surface area contributed by atoms with Crippen LogP contribution in [0.5, 0.6) is 0 Å². The number of thiocarbonyl (C=S) groups is 1. The first-order chi connectivity index (χ1) is 16.1. The molecule has 1 saturated heterocycles. The second kappa shape index (κ2) is 11.4. The molecule has 3 rings (SSSR count). The Bertz CT molecular complexity index is 1230. The van der Waals surface area contributed by atoms with Crippen LogP contribution in [-0.2, 0) is 29.4 Å². The summed E-state index contributed by atoms with van der Waals surface area (Å²) in [5, 5.41) is 3.26. The lowest BCUT2D eigenvalue weighted by Crippen LogP contribution is -2.44. The normalized spacial score (nSPS) is 14.9. The number of morpholine rings is 1. The van der Waals surface area contributed by atoms with Crippen molar-refractivity contribution in [3.63, 3.8) is 0 Å². The van der Waals surface area contributed by atoms with E-state index in [0.717, 1.165) is 0 Å². The Morgan fingerprint density at radius 3 is 2.15 bits per heavy atom. The first-order valence-electron chi connectivity index (χ1n) is 10.1. The van der Waals surface area contributed by atoms with Gasteiger partial charge >= 0.3 is 0 Å². The van der Waals surface area contributed by atoms with Gasteiger partial charge in [-0.15, -0.1) is 0 Å². The molecule has 2 aromatic rings. The van der Waals surface area contributed by atoms with E-state index in [1.54, 1.807) is 12.1 Å². The van der Waals surface area contributed by atoms with Gasteiger partial charge < -0.3 is 10.1 Å². The van der Waals surface area contributed by atoms with Gasteiger partial charge in [0.15, 0.2) is 14.9 Å². The third kappa shape index (κ3) is 7.10. The predicted molar refractivity (Wildman–Crippen MR) is 132 cm³/mol. The number of ether oxygens (including phenoxy) is 1. The molecule has 0 saturated carbocycles. The SMILES string of the molecule is O=C(CCS(=O)(=O)c1ccc(Cl)cc1)NNC(=S)Nc1ccc(S(=O)(=O)N2CCOCC2)cc1. The Labute approximate surface area is 208 Å². The zero-order chi connectivity index (χ0) is 24.8. The van der Waals surface area contributed by atoms with Gasteiger partial charge in [-0.3, -0.25) is 15.6 Å². The van der Waals surface area contributed by atoms with E-state index in [4.69, 9.17) is 28.6 Å². The molecule has 1 fully saturated rings. The van der Waals surface area contributed by atoms with Crippen molar-refractivity contribution in [2.45, 2.75) is 16.2 Å². The molecule has 0 spiro atoms. The van der Waals surface area contributed by atoms with Crippen molar-refractivity contribution in [2.24, 2.45) is 0 Å². The molecule has 1 heterocycles. The molecule has 0 atom stereocenters. The summed E-state index contributed by atoms with van der Waals surface area (Å²) in [5.74, 6) is -0.963. The molecule has 1 aliphatic rings. The summed E-state index contributed by atoms with van der Waals surface area (Å²) in [6, 6.07) is 11.7. The quantitative estimate of drug-likeness (QED) is 0.349. The molecule has 0 bridgehead atoms. The van der Waals surface area contributed by atoms with Crippen molar-refractivity contribution in [3.05, 3.63) is 53.6 Å². The van der Waals surface area contributed by atoms with E-state index < -0.39 is 25.8 Å². The van der Waals surface area contributed by atoms with Crippen LogP contribution in [0.15, 0.2) is 58.3 Å². The lowest BCUT2D eigenvalue weighted by Gasteiger charge is -2.26. The number of hydrogen-bond donors (Lipinski definition) is 3. The Morgan fingerprint density at radius 2 is 1.53 bits per heavy atom. The Balaban J connectivity index is 1.46. The van der Waals surface area contributed by atoms with Crippen molar-refractivity contribution >= 4 is 60.4 Å². The molecule has 184 valence electrons. The summed E-state index contributed by atoms with van der Waals surface area (Å²) in [7, 11) is -7.24. The molecule has 34 heavy (non-hydrogen) atoms. The zero-order valence-corrected chi connectivity index (χ0v) is 21.1. The number of amides is 1. The molecule has 3 N–H and O–H groups in total. The number of halogens is 1. The van der Waals surface area contributed by atoms with Crippen LogP contribution in [0.1, 0.15) is 6.42 Å². The molecule has 0 radical (unpaired) electrons. The lowest BCUT2D eigenvalue weighted by atomic mass is 10.3. The number of sulfonamides is 1. The van der Waals surface area contributed by atoms with E-state index in [9.17, 15) is 21.6 Å². The fraction of sp³-hybridized carbons (Fsp3) is 0.300. The third-order valence-corrected chi connectivity index (χ3v) is 8.91. The highest BCUT2D eigenvalue weighted by atomic mass is 35.5. The number of nitrogens with one attached hydrogen (secondary N) is 3. The number of carbonyl (C=O) groups excluding carboxylic acids is 1. The van der Waals surface area contributed by atoms with Gasteiger partial charge in [0.2, 0.25) is 15.9 Å². The van der Waals surface area contributed by atoms with Crippen LogP contribution < -0.4 is 16.2 Å². The molecular weight excluding hydrogens is 524 g/mol. The maximum absolute atomic E-state index is 12.7. The number of sulfone groups is 1. The molecule has 14 heteroatoms. The van der Waals surface area contributed by atoms with Gasteiger partial charge in [0.05, 0.1) is 28.8 Å². The van der Waals surface area contributed by atoms with E-state index in [-0.39, 0.29) is 27.1 Å². The minimum absolute atomic E-state index is 0.0395. The number of carbonyl (C=O) groups is 1. The summed E-state index contributed by atoms with van der Waals surface area (Å²) in [6.45, 7) is 1.32. The van der Waals surface area contributed by atoms with E-state index >= 15 is 0 Å². The maximum Gasteiger partial charge on any atom is 0.243 e. The average molecular weight is 547 g/mol. The summed E-state index contributed by atoms with van der Waals surface area (Å²) in [4.78, 5) is 12.2. The molecule has 1 amide bonds. The first-order valence-corrected chi connectivity index (χ1v) is 14.0. The fourth-order valence-corrected chi connectivity index (χ4v) is 5.93. The lowest BCUT2D eigenvalue weighted by molar-refractivity contribution is -0.121. The second-order valence-electron chi connectivity index (χ2n) is 7.19. The van der Waals surface area contributed by atoms with Crippen molar-refractivity contribution in [3.8, 4) is 0 Å². The van der Waals surface area contributed by atoms with Crippen molar-refractivity contribution in [1.82, 2.24) is 15.2 Å². The summed E-state index contributed by atoms with van der Waals surface area (Å²) in [5.41, 5.74) is 5.30. The van der Waals surface area contributed by atoms with Gasteiger partial charge in [0.1, 0.15) is 0 Å². The smallest absolute Gasteiger partial charge is 0.243 e. The topological polar surface area (TPSA) is 134 Å². The van der Waals surface area contributed by atoms with Gasteiger partial charge in [-0.1, -0.05) is 11.6 Å². The maximum atomic E-state index is 12.7. The van der Waals surface area contributed by atoms with E-state index in [1.165, 1.54) is 40.7 Å². The predicted octanol–water partition coefficient (Wildman–Crippen LogP) is 1.54. The molecule has 0 aromatic heterocycles. The van der Waals surface area contributed by atoms with Crippen LogP contribution >= 0.6 is 23.8 Å². The summed E-state index contributed by atoms with van der Waals surface area (Å²) in [6.07, 6.45) is -0.283. The molecular formula is C20H23ClN4O6S3. The van der Waals surface area contributed by atoms with E-state index in [0.29, 0.717) is 37.0 Å². The van der Waals surface area contributed by atoms with E-state index in [1.807, 2.05) is 0 Å². The van der Waals surface area contributed by atoms with Crippen LogP contribution in [0.4, 0.5) is 5.69 Å². The van der Waals surface area contributed by atoms with Crippen LogP contribution in [0.2, 0.25) is 5.02 Å². The number of hydrogen-bond acceptors (Lipinski definition) is 7. The highest BCUT2D eigenvalue weighted by Gasteiger charge is 2.26. The summed E-state index contributed by atoms with van der Waals surface area (Å²) < 4.78 is 56.4. The van der Waals surface area contributed by atoms with Crippen LogP contribution in [0.3, 0.4) is 0 Å². The molecule has 0 unspecified atom stereocenters. The van der Waals surface area contributed by atoms with Crippen molar-refractivity contribution in [1.29, 1.82) is 0 Å². The van der Waals surface area contributed by atoms with Crippen LogP contribution in [-0.4, -0.2) is 64.2 Å². The Morgan fingerprint density at radius 1 is 0.941 bits per heavy atom. The van der Waals surface area contributed by atoms with Gasteiger partial charge in [-0.2, -0.15) is 4.31 Å². The third-order valence-electron chi connectivity index (χ3n) is 4.81. The fourth-order valence-electron chi connectivity index (χ4n) is 2.98. The van der Waals surface area contributed by atoms with Gasteiger partial charge in [0, 0.05) is 30.2 Å². The van der Waals surface area contributed by atoms with Crippen LogP contribution in [0.25, 0.3) is 0 Å². The second-order valence-corrected chi connectivity index (χ2v) is 12.1. The number of hydrazine groups is 1. The minimum atomic E-state index is -3.64. The molecule has 2 aromatic carbocycles. The molecule has 1 aliphatic heterocycles. The Hall–Kier alpha value is -2.29. The number of nitrogens with zero attached hydrogens (tertiary/aromatic N) is 1. The summed E-state index contributed by atoms with van der Waals surface area (Å²) >= 11 is 10.9. The number of benzene rings is 2. The van der Waals surface area contributed by atoms with Crippen LogP contribution in [0, 0.1) is 0 Å². The van der Waals surface area contributed by atoms with Gasteiger partial charge in [-0.05, 0) is 60.7 Å². The Kier molecular flexibility index (Phi) is 8.84. The van der Waals surface area contributed by atoms with E-state index in [2.05, 4.69) is 16.2 Å². The largest absolute Gasteiger partial charge is 0.379 e. The van der Waals surface area contributed by atoms with Gasteiger partial charge in [-0.25, -0.2) is 16.8 Å². The van der Waals surface area contributed by atoms with Crippen molar-refractivity contribution < 1.29 is 26.4 Å². The highest BCUT2D eigenvalue weighted by Crippen LogP contribution is 2.19.